The predicted molar refractivity (Wildman–Crippen MR) is 264 cm³/mol. The van der Waals surface area contributed by atoms with Crippen LogP contribution in [0.5, 0.6) is 0 Å². The standard InChI is InChI=1S/C59H36N6O5/c66-49(45-29-21-41(22-30-45)37-13-5-1-6-14-37)54-60-55(50(67)46-31-23-42(24-32-46)38-15-7-2-8-16-38)63-58(62-54)53(70)59-64-56(51(68)47-33-25-43(26-34-47)39-17-9-3-10-18-39)61-57(65-59)52(69)48-35-27-44(28-36-48)40-19-11-4-12-20-40/h1-36H. The first-order valence-corrected chi connectivity index (χ1v) is 22.1. The molecule has 8 aromatic carbocycles. The average molecular weight is 909 g/mol. The molecule has 0 fully saturated rings. The van der Waals surface area contributed by atoms with Crippen molar-refractivity contribution < 1.29 is 24.0 Å². The molecule has 10 aromatic rings. The average Bonchev–Trinajstić information content (AvgIpc) is 3.45. The van der Waals surface area contributed by atoms with Gasteiger partial charge in [0.2, 0.25) is 58.1 Å². The number of nitrogens with zero attached hydrogens (tertiary/aromatic N) is 6. The Balaban J connectivity index is 1.05. The van der Waals surface area contributed by atoms with E-state index in [1.54, 1.807) is 97.1 Å². The summed E-state index contributed by atoms with van der Waals surface area (Å²) >= 11 is 0. The molecule has 11 heteroatoms. The van der Waals surface area contributed by atoms with Crippen molar-refractivity contribution in [2.24, 2.45) is 0 Å². The van der Waals surface area contributed by atoms with Gasteiger partial charge >= 0.3 is 0 Å². The highest BCUT2D eigenvalue weighted by Crippen LogP contribution is 2.25. The molecule has 0 N–H and O–H groups in total. The van der Waals surface area contributed by atoms with Crippen molar-refractivity contribution in [3.63, 3.8) is 0 Å². The van der Waals surface area contributed by atoms with Gasteiger partial charge in [-0.15, -0.1) is 0 Å². The van der Waals surface area contributed by atoms with Crippen LogP contribution in [-0.4, -0.2) is 58.8 Å². The van der Waals surface area contributed by atoms with Gasteiger partial charge in [-0.1, -0.05) is 218 Å². The molecule has 2 heterocycles. The zero-order valence-electron chi connectivity index (χ0n) is 37.0. The van der Waals surface area contributed by atoms with E-state index in [1.807, 2.05) is 121 Å². The Morgan fingerprint density at radius 3 is 0.529 bits per heavy atom. The molecule has 0 radical (unpaired) electrons. The molecule has 0 saturated heterocycles. The van der Waals surface area contributed by atoms with E-state index >= 15 is 0 Å². The van der Waals surface area contributed by atoms with E-state index in [0.717, 1.165) is 44.5 Å². The molecule has 0 saturated carbocycles. The van der Waals surface area contributed by atoms with Crippen molar-refractivity contribution >= 4 is 28.9 Å². The van der Waals surface area contributed by atoms with E-state index in [-0.39, 0.29) is 22.3 Å². The van der Waals surface area contributed by atoms with Gasteiger partial charge in [0.25, 0.3) is 5.78 Å². The zero-order valence-corrected chi connectivity index (χ0v) is 37.0. The third-order valence-electron chi connectivity index (χ3n) is 11.5. The number of carbonyl (C=O) groups excluding carboxylic acids is 5. The van der Waals surface area contributed by atoms with Gasteiger partial charge in [-0.3, -0.25) is 24.0 Å². The van der Waals surface area contributed by atoms with Gasteiger partial charge < -0.3 is 0 Å². The summed E-state index contributed by atoms with van der Waals surface area (Å²) in [6.07, 6.45) is 0. The predicted octanol–water partition coefficient (Wildman–Crippen LogP) is 10.9. The lowest BCUT2D eigenvalue weighted by Crippen LogP contribution is -2.23. The number of benzene rings is 8. The van der Waals surface area contributed by atoms with Crippen LogP contribution in [0, 0.1) is 0 Å². The molecule has 11 nitrogen and oxygen atoms in total. The minimum Gasteiger partial charge on any atom is -0.285 e. The van der Waals surface area contributed by atoms with Gasteiger partial charge in [-0.25, -0.2) is 29.9 Å². The second-order valence-electron chi connectivity index (χ2n) is 16.0. The number of ketones is 5. The quantitative estimate of drug-likeness (QED) is 0.0954. The van der Waals surface area contributed by atoms with Crippen molar-refractivity contribution in [2.75, 3.05) is 0 Å². The molecule has 332 valence electrons. The minimum atomic E-state index is -1.10. The number of hydrogen-bond acceptors (Lipinski definition) is 11. The maximum absolute atomic E-state index is 14.7. The van der Waals surface area contributed by atoms with Crippen LogP contribution in [0.3, 0.4) is 0 Å². The summed E-state index contributed by atoms with van der Waals surface area (Å²) in [5, 5.41) is 0. The first kappa shape index (κ1) is 44.0. The maximum atomic E-state index is 14.7. The van der Waals surface area contributed by atoms with E-state index in [1.165, 1.54) is 0 Å². The lowest BCUT2D eigenvalue weighted by molar-refractivity contribution is 0.100. The molecule has 0 spiro atoms. The fourth-order valence-electron chi connectivity index (χ4n) is 7.76. The zero-order chi connectivity index (χ0) is 48.0. The Morgan fingerprint density at radius 2 is 0.343 bits per heavy atom. The summed E-state index contributed by atoms with van der Waals surface area (Å²) in [6, 6.07) is 65.3. The number of carbonyl (C=O) groups is 5. The lowest BCUT2D eigenvalue weighted by atomic mass is 10.0. The lowest BCUT2D eigenvalue weighted by Gasteiger charge is -2.09. The van der Waals surface area contributed by atoms with Gasteiger partial charge in [-0.2, -0.15) is 0 Å². The van der Waals surface area contributed by atoms with Gasteiger partial charge in [0.05, 0.1) is 0 Å². The summed E-state index contributed by atoms with van der Waals surface area (Å²) in [7, 11) is 0. The van der Waals surface area contributed by atoms with Crippen LogP contribution in [0.15, 0.2) is 218 Å². The summed E-state index contributed by atoms with van der Waals surface area (Å²) in [5.41, 5.74) is 7.83. The highest BCUT2D eigenvalue weighted by molar-refractivity contribution is 6.13. The number of aromatic nitrogens is 6. The van der Waals surface area contributed by atoms with Crippen molar-refractivity contribution in [1.82, 2.24) is 29.9 Å². The van der Waals surface area contributed by atoms with Gasteiger partial charge in [-0.05, 0) is 44.5 Å². The molecule has 0 aliphatic rings. The molecule has 2 aromatic heterocycles. The van der Waals surface area contributed by atoms with E-state index in [0.29, 0.717) is 0 Å². The van der Waals surface area contributed by atoms with Gasteiger partial charge in [0.1, 0.15) is 0 Å². The van der Waals surface area contributed by atoms with Crippen molar-refractivity contribution in [3.8, 4) is 44.5 Å². The third kappa shape index (κ3) is 9.39. The Morgan fingerprint density at radius 1 is 0.186 bits per heavy atom. The van der Waals surface area contributed by atoms with Crippen LogP contribution >= 0.6 is 0 Å². The van der Waals surface area contributed by atoms with Crippen LogP contribution in [0.1, 0.15) is 81.2 Å². The van der Waals surface area contributed by atoms with Gasteiger partial charge in [0, 0.05) is 22.3 Å². The summed E-state index contributed by atoms with van der Waals surface area (Å²) in [6.45, 7) is 0. The van der Waals surface area contributed by atoms with Crippen molar-refractivity contribution in [2.45, 2.75) is 0 Å². The Bertz CT molecular complexity index is 3110. The highest BCUT2D eigenvalue weighted by Gasteiger charge is 2.29. The number of hydrogen-bond donors (Lipinski definition) is 0. The van der Waals surface area contributed by atoms with E-state index < -0.39 is 63.9 Å². The van der Waals surface area contributed by atoms with E-state index in [2.05, 4.69) is 29.9 Å². The smallest absolute Gasteiger partial charge is 0.267 e. The van der Waals surface area contributed by atoms with E-state index in [4.69, 9.17) is 0 Å². The molecule has 0 unspecified atom stereocenters. The van der Waals surface area contributed by atoms with Crippen LogP contribution in [0.2, 0.25) is 0 Å². The van der Waals surface area contributed by atoms with Gasteiger partial charge in [0.15, 0.2) is 0 Å². The summed E-state index contributed by atoms with van der Waals surface area (Å²) < 4.78 is 0. The molecule has 0 bridgehead atoms. The van der Waals surface area contributed by atoms with Crippen LogP contribution in [0.25, 0.3) is 44.5 Å². The normalized spacial score (nSPS) is 10.9. The molecule has 0 aliphatic heterocycles. The molecule has 10 rings (SSSR count). The largest absolute Gasteiger partial charge is 0.285 e. The summed E-state index contributed by atoms with van der Waals surface area (Å²) in [5.74, 6) is -7.29. The Labute approximate surface area is 401 Å². The van der Waals surface area contributed by atoms with Crippen molar-refractivity contribution in [3.05, 3.63) is 276 Å². The maximum Gasteiger partial charge on any atom is 0.267 e. The monoisotopic (exact) mass is 908 g/mol. The highest BCUT2D eigenvalue weighted by atomic mass is 16.2. The second kappa shape index (κ2) is 19.5. The summed E-state index contributed by atoms with van der Waals surface area (Å²) in [4.78, 5) is 97.5. The minimum absolute atomic E-state index is 0.174. The fourth-order valence-corrected chi connectivity index (χ4v) is 7.76. The van der Waals surface area contributed by atoms with Crippen LogP contribution < -0.4 is 0 Å². The van der Waals surface area contributed by atoms with Crippen LogP contribution in [-0.2, 0) is 0 Å². The Kier molecular flexibility index (Phi) is 12.3. The SMILES string of the molecule is O=C(c1ccc(-c2ccccc2)cc1)c1nc(C(=O)c2ccc(-c3ccccc3)cc2)nc(C(=O)c2nc(C(=O)c3ccc(-c4ccccc4)cc3)nc(C(=O)c3ccc(-c4ccccc4)cc3)n2)n1. The van der Waals surface area contributed by atoms with Crippen LogP contribution in [0.4, 0.5) is 0 Å². The molecule has 0 amide bonds. The topological polar surface area (TPSA) is 163 Å². The second-order valence-corrected chi connectivity index (χ2v) is 16.0. The van der Waals surface area contributed by atoms with E-state index in [9.17, 15) is 24.0 Å². The molecular formula is C59H36N6O5. The molecule has 70 heavy (non-hydrogen) atoms. The fraction of sp³-hybridized carbons (Fsp3) is 0. The van der Waals surface area contributed by atoms with Crippen molar-refractivity contribution in [1.29, 1.82) is 0 Å². The molecular weight excluding hydrogens is 873 g/mol. The third-order valence-corrected chi connectivity index (χ3v) is 11.5. The molecule has 0 aliphatic carbocycles. The first-order valence-electron chi connectivity index (χ1n) is 22.1. The first-order chi connectivity index (χ1) is 34.3. The number of rotatable bonds is 14. The Hall–Kier alpha value is -9.87. The molecule has 0 atom stereocenters.